The van der Waals surface area contributed by atoms with Gasteiger partial charge in [0.1, 0.15) is 53.9 Å². The van der Waals surface area contributed by atoms with Crippen LogP contribution in [0.1, 0.15) is 177 Å². The maximum Gasteiger partial charge on any atom is 0.393 e. The third kappa shape index (κ3) is 17.2. The SMILES string of the molecule is CC[C@H](C)[C@@H]1NC(=O)[C@H](C)N(C)C(=O)C[C@@H](C)N(C)C(=O)[C@H](C2CCCC2)N(C)C(=O)C(C)(C)N(C)C(=O)[C@@H]2CCCN2C(=O)[C@H](CCC2CCC(C(F)(F)F)C(Cl)C2)NC(=O)CN(C)C(=O)[C@H](CC2CCCCC2)N(C)C(=O)[C@@H]2CCN2C(=O)[C@H](C)N(C)C1=O. The predicted molar refractivity (Wildman–Crippen MR) is 336 cm³/mol. The van der Waals surface area contributed by atoms with E-state index in [1.807, 2.05) is 6.92 Å². The van der Waals surface area contributed by atoms with Crippen molar-refractivity contribution in [2.75, 3.05) is 69.0 Å². The summed E-state index contributed by atoms with van der Waals surface area (Å²) in [6, 6.07) is -9.57. The van der Waals surface area contributed by atoms with Crippen LogP contribution in [-0.4, -0.2) is 250 Å². The van der Waals surface area contributed by atoms with E-state index >= 15 is 9.59 Å². The fourth-order valence-electron chi connectivity index (χ4n) is 14.5. The normalized spacial score (nSPS) is 32.2. The number of hydrogen-bond acceptors (Lipinski definition) is 11. The molecular formula is C65H105ClF3N11O11. The number of likely N-dealkylation sites (N-methyl/N-ethyl adjacent to an activating group) is 7. The Morgan fingerprint density at radius 1 is 0.593 bits per heavy atom. The Morgan fingerprint density at radius 2 is 1.20 bits per heavy atom. The van der Waals surface area contributed by atoms with E-state index in [1.165, 1.54) is 100 Å². The summed E-state index contributed by atoms with van der Waals surface area (Å²) >= 11 is 6.37. The molecule has 0 bridgehead atoms. The molecule has 0 spiro atoms. The largest absolute Gasteiger partial charge is 0.393 e. The molecule has 6 aliphatic rings. The monoisotopic (exact) mass is 1310 g/mol. The highest BCUT2D eigenvalue weighted by Gasteiger charge is 2.51. The molecule has 0 aromatic heterocycles. The average Bonchev–Trinajstić information content (AvgIpc) is 1.60. The summed E-state index contributed by atoms with van der Waals surface area (Å²) in [5, 5.41) is 4.47. The molecule has 514 valence electrons. The quantitative estimate of drug-likeness (QED) is 0.291. The van der Waals surface area contributed by atoms with Crippen molar-refractivity contribution < 1.29 is 65.9 Å². The van der Waals surface area contributed by atoms with Gasteiger partial charge in [-0.05, 0) is 129 Å². The number of carbonyl (C=O) groups is 11. The van der Waals surface area contributed by atoms with Crippen LogP contribution >= 0.6 is 11.6 Å². The molecule has 6 fully saturated rings. The summed E-state index contributed by atoms with van der Waals surface area (Å²) in [5.74, 6) is -8.96. The fourth-order valence-corrected chi connectivity index (χ4v) is 15.0. The van der Waals surface area contributed by atoms with Gasteiger partial charge in [-0.1, -0.05) is 65.2 Å². The Kier molecular flexibility index (Phi) is 25.7. The van der Waals surface area contributed by atoms with Crippen LogP contribution in [0.4, 0.5) is 13.2 Å². The van der Waals surface area contributed by atoms with Gasteiger partial charge in [-0.3, -0.25) is 52.7 Å². The lowest BCUT2D eigenvalue weighted by Gasteiger charge is -2.45. The lowest BCUT2D eigenvalue weighted by atomic mass is 9.78. The van der Waals surface area contributed by atoms with Crippen molar-refractivity contribution in [2.45, 2.75) is 248 Å². The minimum Gasteiger partial charge on any atom is -0.343 e. The standard InChI is InChI=1S/C65H105ClF3N11O11/c1-15-38(2)53-61(89)75(11)41(5)56(84)80-33-31-49(80)59(87)76(12)50(36-42-22-17-16-18-23-42)58(86)72(8)37-51(81)70-47(30-28-43-27-29-45(46(66)35-43)65(67,68)69)57(85)79-32-21-26-48(79)60(88)78(14)64(6,7)63(91)77(13)54(44-24-19-20-25-44)62(90)73(9)39(3)34-52(82)74(10)40(4)55(83)71-53/h38-50,53-54H,15-37H2,1-14H3,(H,70,81)(H,71,83)/t38-,39+,40-,41-,43?,45?,46?,47-,48-,49-,50-,53-,54-/m0/s1. The van der Waals surface area contributed by atoms with E-state index in [-0.39, 0.29) is 88.6 Å². The first-order chi connectivity index (χ1) is 42.6. The molecule has 0 radical (unpaired) electrons. The highest BCUT2D eigenvalue weighted by molar-refractivity contribution is 6.20. The number of halogens is 4. The summed E-state index contributed by atoms with van der Waals surface area (Å²) < 4.78 is 41.8. The molecule has 3 unspecified atom stereocenters. The molecule has 3 heterocycles. The van der Waals surface area contributed by atoms with E-state index in [1.54, 1.807) is 34.7 Å². The minimum atomic E-state index is -4.49. The topological polar surface area (TPSA) is 241 Å². The number of carbonyl (C=O) groups excluding carboxylic acids is 11. The predicted octanol–water partition coefficient (Wildman–Crippen LogP) is 5.41. The number of hydrogen-bond donors (Lipinski definition) is 2. The van der Waals surface area contributed by atoms with Crippen LogP contribution in [0.3, 0.4) is 0 Å². The lowest BCUT2D eigenvalue weighted by molar-refractivity contribution is -0.182. The molecule has 3 aliphatic carbocycles. The van der Waals surface area contributed by atoms with Gasteiger partial charge >= 0.3 is 6.18 Å². The second kappa shape index (κ2) is 31.5. The molecule has 3 saturated carbocycles. The first-order valence-electron chi connectivity index (χ1n) is 33.3. The Labute approximate surface area is 542 Å². The maximum atomic E-state index is 15.1. The zero-order chi connectivity index (χ0) is 67.9. The zero-order valence-electron chi connectivity index (χ0n) is 56.5. The second-order valence-electron chi connectivity index (χ2n) is 28.0. The molecule has 3 aliphatic heterocycles. The van der Waals surface area contributed by atoms with E-state index < -0.39 is 155 Å². The number of amides is 11. The molecule has 3 saturated heterocycles. The minimum absolute atomic E-state index is 0.0149. The third-order valence-electron chi connectivity index (χ3n) is 21.8. The smallest absolute Gasteiger partial charge is 0.343 e. The Hall–Kier alpha value is -5.75. The number of nitrogens with one attached hydrogen (secondary N) is 2. The van der Waals surface area contributed by atoms with Gasteiger partial charge in [0, 0.05) is 80.3 Å². The van der Waals surface area contributed by atoms with Gasteiger partial charge in [0.25, 0.3) is 0 Å². The van der Waals surface area contributed by atoms with Gasteiger partial charge in [-0.15, -0.1) is 11.6 Å². The molecular weight excluding hydrogens is 1200 g/mol. The molecule has 91 heavy (non-hydrogen) atoms. The molecule has 13 atom stereocenters. The number of nitrogens with zero attached hydrogens (tertiary/aromatic N) is 9. The van der Waals surface area contributed by atoms with Crippen molar-refractivity contribution in [3.05, 3.63) is 0 Å². The molecule has 22 nitrogen and oxygen atoms in total. The van der Waals surface area contributed by atoms with Crippen LogP contribution in [0.25, 0.3) is 0 Å². The van der Waals surface area contributed by atoms with E-state index in [4.69, 9.17) is 11.6 Å². The summed E-state index contributed by atoms with van der Waals surface area (Å²) in [6.07, 6.45) is 4.32. The first kappa shape index (κ1) is 74.3. The molecule has 11 amide bonds. The molecule has 2 N–H and O–H groups in total. The van der Waals surface area contributed by atoms with E-state index in [0.717, 1.165) is 44.9 Å². The van der Waals surface area contributed by atoms with Crippen LogP contribution in [0, 0.1) is 29.6 Å². The molecule has 26 heteroatoms. The van der Waals surface area contributed by atoms with E-state index in [9.17, 15) is 56.3 Å². The van der Waals surface area contributed by atoms with Crippen LogP contribution in [-0.2, 0) is 52.7 Å². The number of fused-ring (bicyclic) bond motifs is 2. The summed E-state index contributed by atoms with van der Waals surface area (Å²) in [4.78, 5) is 173. The van der Waals surface area contributed by atoms with Crippen LogP contribution in [0.15, 0.2) is 0 Å². The summed E-state index contributed by atoms with van der Waals surface area (Å²) in [6.45, 7) is 11.2. The van der Waals surface area contributed by atoms with Gasteiger partial charge in [0.2, 0.25) is 65.0 Å². The molecule has 0 aromatic rings. The zero-order valence-corrected chi connectivity index (χ0v) is 57.2. The fraction of sp³-hybridized carbons (Fsp3) is 0.831. The van der Waals surface area contributed by atoms with Crippen LogP contribution in [0.5, 0.6) is 0 Å². The van der Waals surface area contributed by atoms with Crippen molar-refractivity contribution >= 4 is 76.6 Å². The number of alkyl halides is 4. The van der Waals surface area contributed by atoms with E-state index in [2.05, 4.69) is 10.6 Å². The Balaban J connectivity index is 1.36. The van der Waals surface area contributed by atoms with Crippen molar-refractivity contribution in [3.8, 4) is 0 Å². The van der Waals surface area contributed by atoms with Crippen molar-refractivity contribution in [1.82, 2.24) is 54.7 Å². The summed E-state index contributed by atoms with van der Waals surface area (Å²) in [7, 11) is 10.3. The Morgan fingerprint density at radius 3 is 1.78 bits per heavy atom. The van der Waals surface area contributed by atoms with Gasteiger partial charge in [0.15, 0.2) is 0 Å². The van der Waals surface area contributed by atoms with Crippen LogP contribution in [0.2, 0.25) is 0 Å². The number of rotatable bonds is 8. The van der Waals surface area contributed by atoms with Gasteiger partial charge in [0.05, 0.1) is 12.5 Å². The van der Waals surface area contributed by atoms with Crippen molar-refractivity contribution in [1.29, 1.82) is 0 Å². The Bertz CT molecular complexity index is 2660. The van der Waals surface area contributed by atoms with Crippen molar-refractivity contribution in [3.63, 3.8) is 0 Å². The third-order valence-corrected chi connectivity index (χ3v) is 22.3. The molecule has 0 aromatic carbocycles. The van der Waals surface area contributed by atoms with E-state index in [0.29, 0.717) is 25.7 Å². The average molecular weight is 1310 g/mol. The highest BCUT2D eigenvalue weighted by atomic mass is 35.5. The summed E-state index contributed by atoms with van der Waals surface area (Å²) in [5.41, 5.74) is -1.61. The molecule has 6 rings (SSSR count). The van der Waals surface area contributed by atoms with Crippen molar-refractivity contribution in [2.24, 2.45) is 29.6 Å². The highest BCUT2D eigenvalue weighted by Crippen LogP contribution is 2.44. The maximum absolute atomic E-state index is 15.1. The van der Waals surface area contributed by atoms with Crippen LogP contribution < -0.4 is 10.6 Å². The first-order valence-corrected chi connectivity index (χ1v) is 33.8. The van der Waals surface area contributed by atoms with Gasteiger partial charge < -0.3 is 54.7 Å². The lowest BCUT2D eigenvalue weighted by Crippen LogP contribution is -2.65. The second-order valence-corrected chi connectivity index (χ2v) is 28.6. The van der Waals surface area contributed by atoms with Gasteiger partial charge in [-0.2, -0.15) is 13.2 Å². The van der Waals surface area contributed by atoms with Gasteiger partial charge in [-0.25, -0.2) is 0 Å².